The predicted molar refractivity (Wildman–Crippen MR) is 58.9 cm³/mol. The van der Waals surface area contributed by atoms with Crippen LogP contribution in [0.4, 0.5) is 0 Å². The van der Waals surface area contributed by atoms with E-state index in [4.69, 9.17) is 0 Å². The normalized spacial score (nSPS) is 21.5. The molecular weight excluding hydrogens is 190 g/mol. The zero-order valence-corrected chi connectivity index (χ0v) is 9.07. The van der Waals surface area contributed by atoms with Crippen molar-refractivity contribution in [2.75, 3.05) is 6.54 Å². The highest BCUT2D eigenvalue weighted by molar-refractivity contribution is 4.97. The molecule has 1 unspecified atom stereocenters. The van der Waals surface area contributed by atoms with Crippen molar-refractivity contribution in [1.82, 2.24) is 15.1 Å². The van der Waals surface area contributed by atoms with Gasteiger partial charge >= 0.3 is 0 Å². The van der Waals surface area contributed by atoms with Gasteiger partial charge in [0.25, 0.3) is 5.56 Å². The first kappa shape index (κ1) is 10.4. The number of aromatic nitrogens is 2. The first-order chi connectivity index (χ1) is 7.25. The Morgan fingerprint density at radius 2 is 2.40 bits per heavy atom. The number of hydrogen-bond acceptors (Lipinski definition) is 3. The van der Waals surface area contributed by atoms with Gasteiger partial charge in [0.05, 0.1) is 12.2 Å². The first-order valence-electron chi connectivity index (χ1n) is 5.54. The Morgan fingerprint density at radius 3 is 3.13 bits per heavy atom. The van der Waals surface area contributed by atoms with Crippen LogP contribution in [0, 0.1) is 6.92 Å². The van der Waals surface area contributed by atoms with E-state index in [2.05, 4.69) is 10.4 Å². The van der Waals surface area contributed by atoms with Crippen LogP contribution in [-0.2, 0) is 6.54 Å². The lowest BCUT2D eigenvalue weighted by atomic mass is 10.1. The van der Waals surface area contributed by atoms with E-state index in [0.717, 1.165) is 18.7 Å². The molecule has 0 aromatic carbocycles. The molecule has 1 N–H and O–H groups in total. The Bertz CT molecular complexity index is 380. The van der Waals surface area contributed by atoms with Crippen LogP contribution in [0.3, 0.4) is 0 Å². The van der Waals surface area contributed by atoms with Crippen LogP contribution in [0.25, 0.3) is 0 Å². The third-order valence-electron chi connectivity index (χ3n) is 2.81. The number of aryl methyl sites for hydroxylation is 1. The number of rotatable bonds is 2. The van der Waals surface area contributed by atoms with Gasteiger partial charge in [-0.2, -0.15) is 5.10 Å². The van der Waals surface area contributed by atoms with Crippen molar-refractivity contribution in [3.8, 4) is 0 Å². The molecule has 0 saturated carbocycles. The number of hydrogen-bond donors (Lipinski definition) is 1. The molecule has 1 aromatic rings. The Kier molecular flexibility index (Phi) is 3.16. The highest BCUT2D eigenvalue weighted by Crippen LogP contribution is 2.07. The van der Waals surface area contributed by atoms with Crippen LogP contribution in [-0.4, -0.2) is 22.4 Å². The third-order valence-corrected chi connectivity index (χ3v) is 2.81. The summed E-state index contributed by atoms with van der Waals surface area (Å²) in [6, 6.07) is 3.75. The molecule has 0 bridgehead atoms. The molecule has 1 saturated heterocycles. The second-order valence-corrected chi connectivity index (χ2v) is 4.14. The topological polar surface area (TPSA) is 46.9 Å². The lowest BCUT2D eigenvalue weighted by Gasteiger charge is -2.23. The van der Waals surface area contributed by atoms with E-state index in [1.807, 2.05) is 6.92 Å². The molecule has 0 amide bonds. The Balaban J connectivity index is 2.09. The lowest BCUT2D eigenvalue weighted by Crippen LogP contribution is -2.40. The van der Waals surface area contributed by atoms with E-state index < -0.39 is 0 Å². The molecule has 1 atom stereocenters. The first-order valence-corrected chi connectivity index (χ1v) is 5.54. The summed E-state index contributed by atoms with van der Waals surface area (Å²) >= 11 is 0. The fraction of sp³-hybridized carbons (Fsp3) is 0.636. The van der Waals surface area contributed by atoms with Gasteiger partial charge in [0.1, 0.15) is 0 Å². The van der Waals surface area contributed by atoms with Crippen LogP contribution >= 0.6 is 0 Å². The van der Waals surface area contributed by atoms with E-state index in [9.17, 15) is 4.79 Å². The van der Waals surface area contributed by atoms with Crippen molar-refractivity contribution in [3.63, 3.8) is 0 Å². The fourth-order valence-electron chi connectivity index (χ4n) is 1.97. The number of piperidine rings is 1. The van der Waals surface area contributed by atoms with E-state index >= 15 is 0 Å². The molecular formula is C11H17N3O. The molecule has 1 aromatic heterocycles. The monoisotopic (exact) mass is 207 g/mol. The van der Waals surface area contributed by atoms with Gasteiger partial charge in [0.2, 0.25) is 0 Å². The summed E-state index contributed by atoms with van der Waals surface area (Å²) in [7, 11) is 0. The summed E-state index contributed by atoms with van der Waals surface area (Å²) in [4.78, 5) is 11.5. The van der Waals surface area contributed by atoms with Crippen molar-refractivity contribution in [2.45, 2.75) is 38.8 Å². The second kappa shape index (κ2) is 4.57. The van der Waals surface area contributed by atoms with Gasteiger partial charge in [0, 0.05) is 12.1 Å². The SMILES string of the molecule is Cc1ccc(=O)n(CC2CCCCN2)n1. The van der Waals surface area contributed by atoms with Crippen LogP contribution in [0.15, 0.2) is 16.9 Å². The van der Waals surface area contributed by atoms with E-state index in [0.29, 0.717) is 12.6 Å². The molecule has 0 aliphatic carbocycles. The lowest BCUT2D eigenvalue weighted by molar-refractivity contribution is 0.344. The largest absolute Gasteiger partial charge is 0.312 e. The Hall–Kier alpha value is -1.16. The minimum Gasteiger partial charge on any atom is -0.312 e. The number of nitrogens with zero attached hydrogens (tertiary/aromatic N) is 2. The smallest absolute Gasteiger partial charge is 0.266 e. The fourth-order valence-corrected chi connectivity index (χ4v) is 1.97. The van der Waals surface area contributed by atoms with Gasteiger partial charge in [-0.3, -0.25) is 4.79 Å². The highest BCUT2D eigenvalue weighted by Gasteiger charge is 2.13. The number of nitrogens with one attached hydrogen (secondary N) is 1. The van der Waals surface area contributed by atoms with Crippen molar-refractivity contribution in [3.05, 3.63) is 28.2 Å². The average molecular weight is 207 g/mol. The molecule has 82 valence electrons. The molecule has 1 aliphatic rings. The van der Waals surface area contributed by atoms with E-state index in [1.165, 1.54) is 12.8 Å². The maximum absolute atomic E-state index is 11.5. The van der Waals surface area contributed by atoms with Gasteiger partial charge in [-0.25, -0.2) is 4.68 Å². The summed E-state index contributed by atoms with van der Waals surface area (Å²) in [6.07, 6.45) is 3.63. The van der Waals surface area contributed by atoms with Crippen LogP contribution in [0.2, 0.25) is 0 Å². The summed E-state index contributed by atoms with van der Waals surface area (Å²) < 4.78 is 1.57. The van der Waals surface area contributed by atoms with Gasteiger partial charge < -0.3 is 5.32 Å². The van der Waals surface area contributed by atoms with Crippen LogP contribution < -0.4 is 10.9 Å². The van der Waals surface area contributed by atoms with E-state index in [-0.39, 0.29) is 5.56 Å². The van der Waals surface area contributed by atoms with Crippen LogP contribution in [0.5, 0.6) is 0 Å². The third kappa shape index (κ3) is 2.65. The van der Waals surface area contributed by atoms with Crippen molar-refractivity contribution < 1.29 is 0 Å². The molecule has 15 heavy (non-hydrogen) atoms. The van der Waals surface area contributed by atoms with Crippen molar-refractivity contribution in [1.29, 1.82) is 0 Å². The summed E-state index contributed by atoms with van der Waals surface area (Å²) in [5.74, 6) is 0. The minimum atomic E-state index is -0.00651. The minimum absolute atomic E-state index is 0.00651. The second-order valence-electron chi connectivity index (χ2n) is 4.14. The average Bonchev–Trinajstić information content (AvgIpc) is 2.25. The highest BCUT2D eigenvalue weighted by atomic mass is 16.1. The van der Waals surface area contributed by atoms with Gasteiger partial charge in [-0.1, -0.05) is 6.42 Å². The summed E-state index contributed by atoms with van der Waals surface area (Å²) in [6.45, 7) is 3.66. The standard InChI is InChI=1S/C11H17N3O/c1-9-5-6-11(15)14(13-9)8-10-4-2-3-7-12-10/h5-6,10,12H,2-4,7-8H2,1H3. The molecule has 0 radical (unpaired) electrons. The summed E-state index contributed by atoms with van der Waals surface area (Å²) in [5, 5.41) is 7.65. The van der Waals surface area contributed by atoms with Crippen LogP contribution in [0.1, 0.15) is 25.0 Å². The molecule has 4 nitrogen and oxygen atoms in total. The Morgan fingerprint density at radius 1 is 1.53 bits per heavy atom. The maximum atomic E-state index is 11.5. The molecule has 2 heterocycles. The predicted octanol–water partition coefficient (Wildman–Crippen LogP) is 0.694. The zero-order chi connectivity index (χ0) is 10.7. The van der Waals surface area contributed by atoms with Gasteiger partial charge in [0.15, 0.2) is 0 Å². The van der Waals surface area contributed by atoms with Crippen molar-refractivity contribution >= 4 is 0 Å². The molecule has 2 rings (SSSR count). The maximum Gasteiger partial charge on any atom is 0.266 e. The zero-order valence-electron chi connectivity index (χ0n) is 9.07. The Labute approximate surface area is 89.3 Å². The molecule has 4 heteroatoms. The molecule has 1 fully saturated rings. The van der Waals surface area contributed by atoms with Crippen molar-refractivity contribution in [2.24, 2.45) is 0 Å². The quantitative estimate of drug-likeness (QED) is 0.776. The van der Waals surface area contributed by atoms with Gasteiger partial charge in [-0.05, 0) is 32.4 Å². The van der Waals surface area contributed by atoms with E-state index in [1.54, 1.807) is 16.8 Å². The molecule has 0 spiro atoms. The molecule has 1 aliphatic heterocycles. The summed E-state index contributed by atoms with van der Waals surface area (Å²) in [5.41, 5.74) is 0.887. The van der Waals surface area contributed by atoms with Gasteiger partial charge in [-0.15, -0.1) is 0 Å².